The van der Waals surface area contributed by atoms with Crippen molar-refractivity contribution in [1.82, 2.24) is 5.32 Å². The van der Waals surface area contributed by atoms with E-state index in [-0.39, 0.29) is 5.91 Å². The standard InChI is InChI=1S/C21H27ClN2O4S/c1-4-20(24(29(3,26)27)18-12-10-17(22)11-13-18)21(25)23-14-6-8-16-7-5-9-19(15-16)28-2/h5,7,9-13,15,20H,4,6,8,14H2,1-3H3,(H,23,25)/t20-/m0/s1. The molecule has 0 fully saturated rings. The molecule has 2 aromatic carbocycles. The van der Waals surface area contributed by atoms with E-state index in [9.17, 15) is 13.2 Å². The molecular formula is C21H27ClN2O4S. The van der Waals surface area contributed by atoms with Crippen LogP contribution in [-0.4, -0.2) is 40.3 Å². The molecule has 2 aromatic rings. The predicted molar refractivity (Wildman–Crippen MR) is 117 cm³/mol. The largest absolute Gasteiger partial charge is 0.497 e. The molecular weight excluding hydrogens is 412 g/mol. The number of halogens is 1. The molecule has 8 heteroatoms. The number of nitrogens with one attached hydrogen (secondary N) is 1. The molecule has 1 N–H and O–H groups in total. The van der Waals surface area contributed by atoms with Gasteiger partial charge in [-0.15, -0.1) is 0 Å². The summed E-state index contributed by atoms with van der Waals surface area (Å²) >= 11 is 5.91. The van der Waals surface area contributed by atoms with E-state index in [0.717, 1.165) is 34.7 Å². The molecule has 0 heterocycles. The molecule has 0 unspecified atom stereocenters. The second kappa shape index (κ2) is 10.5. The molecule has 29 heavy (non-hydrogen) atoms. The first-order chi connectivity index (χ1) is 13.8. The highest BCUT2D eigenvalue weighted by atomic mass is 35.5. The number of aryl methyl sites for hydroxylation is 1. The Kier molecular flexibility index (Phi) is 8.34. The average molecular weight is 439 g/mol. The van der Waals surface area contributed by atoms with E-state index in [0.29, 0.717) is 23.7 Å². The Morgan fingerprint density at radius 2 is 1.90 bits per heavy atom. The van der Waals surface area contributed by atoms with Crippen molar-refractivity contribution < 1.29 is 17.9 Å². The Hall–Kier alpha value is -2.25. The summed E-state index contributed by atoms with van der Waals surface area (Å²) in [6.07, 6.45) is 2.95. The third-order valence-electron chi connectivity index (χ3n) is 4.49. The van der Waals surface area contributed by atoms with Crippen molar-refractivity contribution >= 4 is 33.2 Å². The van der Waals surface area contributed by atoms with Gasteiger partial charge in [-0.05, 0) is 61.2 Å². The summed E-state index contributed by atoms with van der Waals surface area (Å²) in [4.78, 5) is 12.8. The van der Waals surface area contributed by atoms with Crippen LogP contribution in [0.25, 0.3) is 0 Å². The zero-order chi connectivity index (χ0) is 21.4. The van der Waals surface area contributed by atoms with E-state index >= 15 is 0 Å². The summed E-state index contributed by atoms with van der Waals surface area (Å²) < 4.78 is 31.2. The van der Waals surface area contributed by atoms with Gasteiger partial charge in [0.1, 0.15) is 11.8 Å². The Labute approximate surface area is 177 Å². The summed E-state index contributed by atoms with van der Waals surface area (Å²) in [5, 5.41) is 3.36. The van der Waals surface area contributed by atoms with Gasteiger partial charge < -0.3 is 10.1 Å². The normalized spacial score (nSPS) is 12.3. The number of sulfonamides is 1. The molecule has 2 rings (SSSR count). The lowest BCUT2D eigenvalue weighted by Crippen LogP contribution is -2.49. The Morgan fingerprint density at radius 3 is 2.48 bits per heavy atom. The molecule has 0 saturated carbocycles. The molecule has 0 aliphatic heterocycles. The summed E-state index contributed by atoms with van der Waals surface area (Å²) in [5.74, 6) is 0.475. The van der Waals surface area contributed by atoms with Crippen molar-refractivity contribution in [2.75, 3.05) is 24.2 Å². The first-order valence-corrected chi connectivity index (χ1v) is 11.6. The van der Waals surface area contributed by atoms with Crippen molar-refractivity contribution in [3.8, 4) is 5.75 Å². The van der Waals surface area contributed by atoms with Gasteiger partial charge in [-0.3, -0.25) is 9.10 Å². The SMILES string of the molecule is CC[C@@H](C(=O)NCCCc1cccc(OC)c1)N(c1ccc(Cl)cc1)S(C)(=O)=O. The third kappa shape index (κ3) is 6.65. The van der Waals surface area contributed by atoms with Crippen LogP contribution in [0.3, 0.4) is 0 Å². The van der Waals surface area contributed by atoms with Crippen LogP contribution in [0.1, 0.15) is 25.3 Å². The zero-order valence-corrected chi connectivity index (χ0v) is 18.5. The monoisotopic (exact) mass is 438 g/mol. The lowest BCUT2D eigenvalue weighted by Gasteiger charge is -2.30. The van der Waals surface area contributed by atoms with Gasteiger partial charge in [-0.2, -0.15) is 0 Å². The number of methoxy groups -OCH3 is 1. The number of hydrogen-bond acceptors (Lipinski definition) is 4. The van der Waals surface area contributed by atoms with Crippen molar-refractivity contribution in [3.05, 3.63) is 59.1 Å². The van der Waals surface area contributed by atoms with Gasteiger partial charge >= 0.3 is 0 Å². The number of benzene rings is 2. The minimum atomic E-state index is -3.65. The van der Waals surface area contributed by atoms with Crippen LogP contribution in [0.4, 0.5) is 5.69 Å². The Morgan fingerprint density at radius 1 is 1.21 bits per heavy atom. The van der Waals surface area contributed by atoms with Gasteiger partial charge in [0.25, 0.3) is 0 Å². The van der Waals surface area contributed by atoms with E-state index in [1.807, 2.05) is 24.3 Å². The van der Waals surface area contributed by atoms with Gasteiger partial charge in [0.05, 0.1) is 19.1 Å². The average Bonchev–Trinajstić information content (AvgIpc) is 2.69. The minimum absolute atomic E-state index is 0.321. The minimum Gasteiger partial charge on any atom is -0.497 e. The van der Waals surface area contributed by atoms with Crippen LogP contribution in [0.2, 0.25) is 5.02 Å². The molecule has 0 aliphatic carbocycles. The highest BCUT2D eigenvalue weighted by Gasteiger charge is 2.31. The number of nitrogens with zero attached hydrogens (tertiary/aromatic N) is 1. The van der Waals surface area contributed by atoms with E-state index < -0.39 is 16.1 Å². The van der Waals surface area contributed by atoms with Gasteiger partial charge in [0.15, 0.2) is 0 Å². The highest BCUT2D eigenvalue weighted by Crippen LogP contribution is 2.24. The van der Waals surface area contributed by atoms with Gasteiger partial charge in [0.2, 0.25) is 15.9 Å². The number of carbonyl (C=O) groups excluding carboxylic acids is 1. The lowest BCUT2D eigenvalue weighted by molar-refractivity contribution is -0.122. The number of carbonyl (C=O) groups is 1. The maximum atomic E-state index is 12.8. The van der Waals surface area contributed by atoms with Gasteiger partial charge in [-0.1, -0.05) is 30.7 Å². The van der Waals surface area contributed by atoms with Crippen LogP contribution >= 0.6 is 11.6 Å². The smallest absolute Gasteiger partial charge is 0.243 e. The second-order valence-electron chi connectivity index (χ2n) is 6.71. The fourth-order valence-electron chi connectivity index (χ4n) is 3.10. The third-order valence-corrected chi connectivity index (χ3v) is 5.92. The topological polar surface area (TPSA) is 75.7 Å². The number of ether oxygens (including phenoxy) is 1. The van der Waals surface area contributed by atoms with E-state index in [2.05, 4.69) is 5.32 Å². The first kappa shape index (κ1) is 23.0. The maximum Gasteiger partial charge on any atom is 0.243 e. The van der Waals surface area contributed by atoms with Crippen LogP contribution < -0.4 is 14.4 Å². The molecule has 0 aromatic heterocycles. The van der Waals surface area contributed by atoms with Gasteiger partial charge in [0, 0.05) is 11.6 Å². The first-order valence-electron chi connectivity index (χ1n) is 9.42. The Balaban J connectivity index is 2.02. The zero-order valence-electron chi connectivity index (χ0n) is 16.9. The summed E-state index contributed by atoms with van der Waals surface area (Å²) in [6, 6.07) is 13.4. The van der Waals surface area contributed by atoms with Crippen LogP contribution in [0.15, 0.2) is 48.5 Å². The molecule has 1 atom stereocenters. The van der Waals surface area contributed by atoms with Crippen LogP contribution in [0, 0.1) is 0 Å². The molecule has 0 aliphatic rings. The molecule has 0 radical (unpaired) electrons. The van der Waals surface area contributed by atoms with Crippen LogP contribution in [-0.2, 0) is 21.2 Å². The molecule has 0 spiro atoms. The van der Waals surface area contributed by atoms with Crippen molar-refractivity contribution in [2.24, 2.45) is 0 Å². The van der Waals surface area contributed by atoms with Crippen molar-refractivity contribution in [2.45, 2.75) is 32.2 Å². The number of anilines is 1. The summed E-state index contributed by atoms with van der Waals surface area (Å²) in [7, 11) is -2.03. The van der Waals surface area contributed by atoms with E-state index in [1.165, 1.54) is 0 Å². The Bertz CT molecular complexity index is 917. The van der Waals surface area contributed by atoms with E-state index in [1.54, 1.807) is 38.3 Å². The second-order valence-corrected chi connectivity index (χ2v) is 9.00. The molecule has 158 valence electrons. The molecule has 6 nitrogen and oxygen atoms in total. The van der Waals surface area contributed by atoms with Gasteiger partial charge in [-0.25, -0.2) is 8.42 Å². The lowest BCUT2D eigenvalue weighted by atomic mass is 10.1. The highest BCUT2D eigenvalue weighted by molar-refractivity contribution is 7.92. The maximum absolute atomic E-state index is 12.8. The molecule has 0 saturated heterocycles. The summed E-state index contributed by atoms with van der Waals surface area (Å²) in [6.45, 7) is 2.24. The predicted octanol–water partition coefficient (Wildman–Crippen LogP) is 3.64. The quantitative estimate of drug-likeness (QED) is 0.574. The van der Waals surface area contributed by atoms with Crippen molar-refractivity contribution in [1.29, 1.82) is 0 Å². The molecule has 1 amide bonds. The van der Waals surface area contributed by atoms with E-state index in [4.69, 9.17) is 16.3 Å². The van der Waals surface area contributed by atoms with Crippen molar-refractivity contribution in [3.63, 3.8) is 0 Å². The van der Waals surface area contributed by atoms with Crippen LogP contribution in [0.5, 0.6) is 5.75 Å². The number of hydrogen-bond donors (Lipinski definition) is 1. The summed E-state index contributed by atoms with van der Waals surface area (Å²) in [5.41, 5.74) is 1.53. The number of amides is 1. The fraction of sp³-hybridized carbons (Fsp3) is 0.381. The fourth-order valence-corrected chi connectivity index (χ4v) is 4.44. The molecule has 0 bridgehead atoms. The number of rotatable bonds is 10.